The quantitative estimate of drug-likeness (QED) is 0.744. The number of Topliss-reactive ketones (excluding diaryl/α,β-unsaturated/α-hetero) is 1. The molecule has 3 aliphatic rings. The van der Waals surface area contributed by atoms with E-state index in [1.54, 1.807) is 12.1 Å². The molecule has 2 fully saturated rings. The lowest BCUT2D eigenvalue weighted by atomic mass is 9.82. The first-order valence-electron chi connectivity index (χ1n) is 8.59. The minimum atomic E-state index is -0.588. The van der Waals surface area contributed by atoms with Crippen molar-refractivity contribution in [3.63, 3.8) is 0 Å². The number of amides is 1. The summed E-state index contributed by atoms with van der Waals surface area (Å²) in [5, 5.41) is 0.779. The molecule has 0 saturated carbocycles. The van der Waals surface area contributed by atoms with Crippen LogP contribution >= 0.6 is 23.2 Å². The Morgan fingerprint density at radius 3 is 2.68 bits per heavy atom. The first-order chi connectivity index (χ1) is 12.0. The van der Waals surface area contributed by atoms with Gasteiger partial charge in [-0.15, -0.1) is 0 Å². The number of fused-ring (bicyclic) bond motifs is 1. The van der Waals surface area contributed by atoms with Crippen LogP contribution in [0.5, 0.6) is 5.75 Å². The summed E-state index contributed by atoms with van der Waals surface area (Å²) in [6.07, 6.45) is 2.92. The van der Waals surface area contributed by atoms with Crippen molar-refractivity contribution in [3.8, 4) is 5.75 Å². The number of carbonyl (C=O) groups excluding carboxylic acids is 2. The summed E-state index contributed by atoms with van der Waals surface area (Å²) in [5.74, 6) is 0.463. The summed E-state index contributed by atoms with van der Waals surface area (Å²) < 4.78 is 11.7. The fraction of sp³-hybridized carbons (Fsp3) is 0.556. The number of hydrogen-bond acceptors (Lipinski definition) is 4. The molecular weight excluding hydrogens is 365 g/mol. The number of ketones is 1. The average molecular weight is 384 g/mol. The minimum Gasteiger partial charge on any atom is -0.484 e. The van der Waals surface area contributed by atoms with Gasteiger partial charge in [0.15, 0.2) is 5.78 Å². The van der Waals surface area contributed by atoms with E-state index in [2.05, 4.69) is 0 Å². The van der Waals surface area contributed by atoms with Crippen LogP contribution in [0, 0.1) is 0 Å². The number of likely N-dealkylation sites (tertiary alicyclic amines) is 1. The van der Waals surface area contributed by atoms with Crippen molar-refractivity contribution < 1.29 is 19.1 Å². The second kappa shape index (κ2) is 6.45. The molecule has 0 radical (unpaired) electrons. The van der Waals surface area contributed by atoms with Crippen molar-refractivity contribution in [2.75, 3.05) is 19.7 Å². The van der Waals surface area contributed by atoms with Gasteiger partial charge in [0.05, 0.1) is 17.0 Å². The van der Waals surface area contributed by atoms with E-state index < -0.39 is 5.60 Å². The highest BCUT2D eigenvalue weighted by Gasteiger charge is 2.45. The molecule has 0 N–H and O–H groups in total. The van der Waals surface area contributed by atoms with Gasteiger partial charge in [0.2, 0.25) is 0 Å². The van der Waals surface area contributed by atoms with Gasteiger partial charge in [0, 0.05) is 37.6 Å². The Labute approximate surface area is 156 Å². The molecule has 1 amide bonds. The van der Waals surface area contributed by atoms with Crippen LogP contribution in [0.1, 0.15) is 42.5 Å². The van der Waals surface area contributed by atoms with E-state index in [1.807, 2.05) is 4.90 Å². The van der Waals surface area contributed by atoms with Crippen molar-refractivity contribution in [1.29, 1.82) is 0 Å². The fourth-order valence-corrected chi connectivity index (χ4v) is 4.43. The van der Waals surface area contributed by atoms with E-state index in [0.717, 1.165) is 12.8 Å². The smallest absolute Gasteiger partial charge is 0.251 e. The molecule has 1 aromatic rings. The number of rotatable bonds is 1. The monoisotopic (exact) mass is 383 g/mol. The SMILES string of the molecule is O=C1CC2(CCN(C(=O)C3CCCO3)CC2)Oc2c(Cl)cc(Cl)cc21. The second-order valence-electron chi connectivity index (χ2n) is 6.98. The predicted molar refractivity (Wildman–Crippen MR) is 93.6 cm³/mol. The molecule has 3 aliphatic heterocycles. The Hall–Kier alpha value is -1.30. The molecule has 1 unspecified atom stereocenters. The van der Waals surface area contributed by atoms with E-state index in [1.165, 1.54) is 0 Å². The van der Waals surface area contributed by atoms with Crippen LogP contribution in [0.25, 0.3) is 0 Å². The maximum atomic E-state index is 12.6. The number of hydrogen-bond donors (Lipinski definition) is 0. The summed E-state index contributed by atoms with van der Waals surface area (Å²) in [6.45, 7) is 1.78. The normalized spacial score (nSPS) is 25.0. The predicted octanol–water partition coefficient (Wildman–Crippen LogP) is 3.50. The molecule has 2 saturated heterocycles. The fourth-order valence-electron chi connectivity index (χ4n) is 3.90. The van der Waals surface area contributed by atoms with Crippen LogP contribution in [0.4, 0.5) is 0 Å². The third kappa shape index (κ3) is 3.14. The van der Waals surface area contributed by atoms with Gasteiger partial charge in [0.1, 0.15) is 17.5 Å². The van der Waals surface area contributed by atoms with E-state index in [-0.39, 0.29) is 17.8 Å². The van der Waals surface area contributed by atoms with Gasteiger partial charge in [-0.1, -0.05) is 23.2 Å². The molecule has 5 nitrogen and oxygen atoms in total. The van der Waals surface area contributed by atoms with E-state index in [4.69, 9.17) is 32.7 Å². The first-order valence-corrected chi connectivity index (χ1v) is 9.35. The maximum Gasteiger partial charge on any atom is 0.251 e. The number of carbonyl (C=O) groups is 2. The highest BCUT2D eigenvalue weighted by Crippen LogP contribution is 2.44. The number of benzene rings is 1. The third-order valence-corrected chi connectivity index (χ3v) is 5.80. The van der Waals surface area contributed by atoms with Gasteiger partial charge >= 0.3 is 0 Å². The molecule has 1 atom stereocenters. The zero-order valence-electron chi connectivity index (χ0n) is 13.7. The molecule has 3 heterocycles. The maximum absolute atomic E-state index is 12.6. The van der Waals surface area contributed by atoms with Crippen LogP contribution in [0.2, 0.25) is 10.0 Å². The molecule has 1 spiro atoms. The van der Waals surface area contributed by atoms with E-state index in [0.29, 0.717) is 60.3 Å². The number of ether oxygens (including phenoxy) is 2. The molecule has 0 bridgehead atoms. The summed E-state index contributed by atoms with van der Waals surface area (Å²) in [5.41, 5.74) is -0.143. The van der Waals surface area contributed by atoms with Crippen molar-refractivity contribution in [3.05, 3.63) is 27.7 Å². The highest BCUT2D eigenvalue weighted by molar-refractivity contribution is 6.36. The molecule has 7 heteroatoms. The number of nitrogens with zero attached hydrogens (tertiary/aromatic N) is 1. The highest BCUT2D eigenvalue weighted by atomic mass is 35.5. The Morgan fingerprint density at radius 2 is 2.00 bits per heavy atom. The van der Waals surface area contributed by atoms with Gasteiger partial charge in [0.25, 0.3) is 5.91 Å². The first kappa shape index (κ1) is 17.1. The van der Waals surface area contributed by atoms with Gasteiger partial charge in [-0.05, 0) is 25.0 Å². The molecule has 0 aliphatic carbocycles. The molecular formula is C18H19Cl2NO4. The lowest BCUT2D eigenvalue weighted by Crippen LogP contribution is -2.53. The van der Waals surface area contributed by atoms with Crippen LogP contribution in [0.15, 0.2) is 12.1 Å². The van der Waals surface area contributed by atoms with E-state index >= 15 is 0 Å². The number of halogens is 2. The Morgan fingerprint density at radius 1 is 1.24 bits per heavy atom. The topological polar surface area (TPSA) is 55.8 Å². The third-order valence-electron chi connectivity index (χ3n) is 5.30. The van der Waals surface area contributed by atoms with Crippen LogP contribution in [0.3, 0.4) is 0 Å². The van der Waals surface area contributed by atoms with Gasteiger partial charge in [-0.2, -0.15) is 0 Å². The Balaban J connectivity index is 1.49. The second-order valence-corrected chi connectivity index (χ2v) is 7.82. The summed E-state index contributed by atoms with van der Waals surface area (Å²) in [4.78, 5) is 26.9. The zero-order valence-corrected chi connectivity index (χ0v) is 15.2. The van der Waals surface area contributed by atoms with Crippen molar-refractivity contribution in [2.24, 2.45) is 0 Å². The summed E-state index contributed by atoms with van der Waals surface area (Å²) >= 11 is 12.2. The van der Waals surface area contributed by atoms with Gasteiger partial charge in [-0.3, -0.25) is 9.59 Å². The average Bonchev–Trinajstić information content (AvgIpc) is 3.11. The van der Waals surface area contributed by atoms with Crippen LogP contribution in [-0.4, -0.2) is 48.0 Å². The summed E-state index contributed by atoms with van der Waals surface area (Å²) in [6, 6.07) is 3.19. The largest absolute Gasteiger partial charge is 0.484 e. The van der Waals surface area contributed by atoms with Crippen molar-refractivity contribution in [2.45, 2.75) is 43.8 Å². The van der Waals surface area contributed by atoms with Crippen molar-refractivity contribution in [1.82, 2.24) is 4.90 Å². The van der Waals surface area contributed by atoms with Crippen molar-refractivity contribution >= 4 is 34.9 Å². The summed E-state index contributed by atoms with van der Waals surface area (Å²) in [7, 11) is 0. The standard InChI is InChI=1S/C18H19Cl2NO4/c19-11-8-12-14(22)10-18(25-16(12)13(20)9-11)3-5-21(6-4-18)17(23)15-2-1-7-24-15/h8-9,15H,1-7,10H2. The Bertz CT molecular complexity index is 722. The molecule has 25 heavy (non-hydrogen) atoms. The lowest BCUT2D eigenvalue weighted by molar-refractivity contribution is -0.144. The molecule has 134 valence electrons. The van der Waals surface area contributed by atoms with Crippen LogP contribution in [-0.2, 0) is 9.53 Å². The molecule has 0 aromatic heterocycles. The van der Waals surface area contributed by atoms with Gasteiger partial charge < -0.3 is 14.4 Å². The Kier molecular flexibility index (Phi) is 4.42. The minimum absolute atomic E-state index is 0.00967. The molecule has 1 aromatic carbocycles. The molecule has 4 rings (SSSR count). The van der Waals surface area contributed by atoms with Gasteiger partial charge in [-0.25, -0.2) is 0 Å². The van der Waals surface area contributed by atoms with E-state index in [9.17, 15) is 9.59 Å². The number of piperidine rings is 1. The zero-order chi connectivity index (χ0) is 17.6. The van der Waals surface area contributed by atoms with Crippen LogP contribution < -0.4 is 4.74 Å². The lowest BCUT2D eigenvalue weighted by Gasteiger charge is -2.44.